The number of rotatable bonds is 7. The molecule has 6 nitrogen and oxygen atoms in total. The van der Waals surface area contributed by atoms with E-state index in [0.717, 1.165) is 54.8 Å². The number of hydrogen-bond acceptors (Lipinski definition) is 4. The first kappa shape index (κ1) is 24.0. The third-order valence-electron chi connectivity index (χ3n) is 4.91. The molecule has 30 heavy (non-hydrogen) atoms. The number of hydrogen-bond donors (Lipinski definition) is 2. The molecule has 2 aromatic carbocycles. The molecule has 1 unspecified atom stereocenters. The molecule has 2 aromatic rings. The van der Waals surface area contributed by atoms with Crippen molar-refractivity contribution < 1.29 is 13.9 Å². The standard InChI is InChI=1S/C22H29FN4O2.HI/c1-4-24-22(25-14-16-5-7-17(23)8-6-16)26-18-9-10-27(15-18)19-11-20(28-2)13-21(12-19)29-3;/h5-8,11-13,18H,4,9-10,14-15H2,1-3H3,(H2,24,25,26);1H. The van der Waals surface area contributed by atoms with Gasteiger partial charge in [0.05, 0.1) is 20.8 Å². The Morgan fingerprint density at radius 2 is 1.80 bits per heavy atom. The predicted molar refractivity (Wildman–Crippen MR) is 130 cm³/mol. The van der Waals surface area contributed by atoms with Gasteiger partial charge in [-0.25, -0.2) is 9.38 Å². The van der Waals surface area contributed by atoms with Crippen LogP contribution in [0.5, 0.6) is 11.5 Å². The van der Waals surface area contributed by atoms with E-state index in [2.05, 4.69) is 20.5 Å². The van der Waals surface area contributed by atoms with E-state index in [1.54, 1.807) is 26.4 Å². The van der Waals surface area contributed by atoms with Gasteiger partial charge < -0.3 is 25.0 Å². The van der Waals surface area contributed by atoms with Crippen LogP contribution in [0.2, 0.25) is 0 Å². The molecule has 0 spiro atoms. The highest BCUT2D eigenvalue weighted by molar-refractivity contribution is 14.0. The average molecular weight is 528 g/mol. The third-order valence-corrected chi connectivity index (χ3v) is 4.91. The summed E-state index contributed by atoms with van der Waals surface area (Å²) in [4.78, 5) is 6.95. The van der Waals surface area contributed by atoms with Crippen molar-refractivity contribution in [2.75, 3.05) is 38.8 Å². The molecular weight excluding hydrogens is 498 g/mol. The fraction of sp³-hybridized carbons (Fsp3) is 0.409. The van der Waals surface area contributed by atoms with Gasteiger partial charge in [0.1, 0.15) is 17.3 Å². The maximum atomic E-state index is 13.1. The summed E-state index contributed by atoms with van der Waals surface area (Å²) >= 11 is 0. The summed E-state index contributed by atoms with van der Waals surface area (Å²) in [5.41, 5.74) is 2.05. The Morgan fingerprint density at radius 1 is 1.13 bits per heavy atom. The lowest BCUT2D eigenvalue weighted by Crippen LogP contribution is -2.44. The molecule has 1 fully saturated rings. The van der Waals surface area contributed by atoms with Crippen LogP contribution in [0.25, 0.3) is 0 Å². The lowest BCUT2D eigenvalue weighted by Gasteiger charge is -2.21. The van der Waals surface area contributed by atoms with Crippen LogP contribution in [0, 0.1) is 5.82 Å². The van der Waals surface area contributed by atoms with Gasteiger partial charge in [0.15, 0.2) is 5.96 Å². The summed E-state index contributed by atoms with van der Waals surface area (Å²) < 4.78 is 23.8. The minimum atomic E-state index is -0.233. The zero-order valence-electron chi connectivity index (χ0n) is 17.7. The molecule has 0 radical (unpaired) electrons. The van der Waals surface area contributed by atoms with Gasteiger partial charge >= 0.3 is 0 Å². The summed E-state index contributed by atoms with van der Waals surface area (Å²) in [7, 11) is 3.32. The number of nitrogens with zero attached hydrogens (tertiary/aromatic N) is 2. The number of methoxy groups -OCH3 is 2. The van der Waals surface area contributed by atoms with E-state index in [1.165, 1.54) is 12.1 Å². The van der Waals surface area contributed by atoms with E-state index in [1.807, 2.05) is 25.1 Å². The summed E-state index contributed by atoms with van der Waals surface area (Å²) in [5, 5.41) is 6.80. The largest absolute Gasteiger partial charge is 0.497 e. The minimum absolute atomic E-state index is 0. The van der Waals surface area contributed by atoms with Gasteiger partial charge in [0.2, 0.25) is 0 Å². The second-order valence-electron chi connectivity index (χ2n) is 6.97. The molecule has 0 amide bonds. The first-order valence-corrected chi connectivity index (χ1v) is 9.88. The van der Waals surface area contributed by atoms with Crippen LogP contribution in [0.15, 0.2) is 47.5 Å². The van der Waals surface area contributed by atoms with E-state index < -0.39 is 0 Å². The molecule has 1 aliphatic heterocycles. The molecule has 0 aliphatic carbocycles. The maximum absolute atomic E-state index is 13.1. The van der Waals surface area contributed by atoms with Gasteiger partial charge in [-0.1, -0.05) is 12.1 Å². The zero-order chi connectivity index (χ0) is 20.6. The minimum Gasteiger partial charge on any atom is -0.497 e. The molecule has 1 heterocycles. The molecule has 3 rings (SSSR count). The molecular formula is C22H30FIN4O2. The smallest absolute Gasteiger partial charge is 0.191 e. The quantitative estimate of drug-likeness (QED) is 0.326. The molecule has 1 saturated heterocycles. The Labute approximate surface area is 194 Å². The Hall–Kier alpha value is -2.23. The molecule has 1 aliphatic rings. The van der Waals surface area contributed by atoms with Gasteiger partial charge in [-0.05, 0) is 31.0 Å². The summed E-state index contributed by atoms with van der Waals surface area (Å²) in [6.45, 7) is 5.11. The number of ether oxygens (including phenoxy) is 2. The van der Waals surface area contributed by atoms with E-state index in [4.69, 9.17) is 9.47 Å². The van der Waals surface area contributed by atoms with Gasteiger partial charge in [-0.15, -0.1) is 24.0 Å². The number of guanidine groups is 1. The maximum Gasteiger partial charge on any atom is 0.191 e. The van der Waals surface area contributed by atoms with Crippen molar-refractivity contribution in [2.45, 2.75) is 25.9 Å². The topological polar surface area (TPSA) is 58.1 Å². The highest BCUT2D eigenvalue weighted by atomic mass is 127. The normalized spacial score (nSPS) is 16.1. The van der Waals surface area contributed by atoms with E-state index in [9.17, 15) is 4.39 Å². The number of nitrogens with one attached hydrogen (secondary N) is 2. The van der Waals surface area contributed by atoms with Crippen molar-refractivity contribution in [1.29, 1.82) is 0 Å². The summed E-state index contributed by atoms with van der Waals surface area (Å²) in [5.74, 6) is 2.10. The Bertz CT molecular complexity index is 810. The van der Waals surface area contributed by atoms with Crippen LogP contribution in [0.4, 0.5) is 10.1 Å². The average Bonchev–Trinajstić information content (AvgIpc) is 3.21. The first-order chi connectivity index (χ1) is 14.1. The fourth-order valence-electron chi connectivity index (χ4n) is 3.36. The highest BCUT2D eigenvalue weighted by Gasteiger charge is 2.24. The van der Waals surface area contributed by atoms with Crippen LogP contribution in [-0.4, -0.2) is 45.9 Å². The van der Waals surface area contributed by atoms with Crippen molar-refractivity contribution in [2.24, 2.45) is 4.99 Å². The molecule has 2 N–H and O–H groups in total. The lowest BCUT2D eigenvalue weighted by molar-refractivity contribution is 0.394. The molecule has 1 atom stereocenters. The molecule has 0 aromatic heterocycles. The Balaban J connectivity index is 0.00000320. The lowest BCUT2D eigenvalue weighted by atomic mass is 10.2. The fourth-order valence-corrected chi connectivity index (χ4v) is 3.36. The van der Waals surface area contributed by atoms with E-state index in [-0.39, 0.29) is 35.8 Å². The second kappa shape index (κ2) is 11.8. The molecule has 0 bridgehead atoms. The van der Waals surface area contributed by atoms with Gasteiger partial charge in [-0.2, -0.15) is 0 Å². The zero-order valence-corrected chi connectivity index (χ0v) is 20.0. The van der Waals surface area contributed by atoms with Gasteiger partial charge in [-0.3, -0.25) is 0 Å². The number of aliphatic imine (C=N–C) groups is 1. The SMILES string of the molecule is CCNC(=NCc1ccc(F)cc1)NC1CCN(c2cc(OC)cc(OC)c2)C1.I. The monoisotopic (exact) mass is 528 g/mol. The van der Waals surface area contributed by atoms with Crippen molar-refractivity contribution in [3.63, 3.8) is 0 Å². The predicted octanol–water partition coefficient (Wildman–Crippen LogP) is 3.79. The van der Waals surface area contributed by atoms with Crippen molar-refractivity contribution in [3.8, 4) is 11.5 Å². The van der Waals surface area contributed by atoms with Crippen LogP contribution >= 0.6 is 24.0 Å². The Kier molecular flexibility index (Phi) is 9.48. The molecule has 164 valence electrons. The second-order valence-corrected chi connectivity index (χ2v) is 6.97. The molecule has 8 heteroatoms. The van der Waals surface area contributed by atoms with Crippen molar-refractivity contribution in [3.05, 3.63) is 53.8 Å². The highest BCUT2D eigenvalue weighted by Crippen LogP contribution is 2.30. The number of halogens is 2. The number of benzene rings is 2. The summed E-state index contributed by atoms with van der Waals surface area (Å²) in [6, 6.07) is 12.6. The summed E-state index contributed by atoms with van der Waals surface area (Å²) in [6.07, 6.45) is 1.00. The van der Waals surface area contributed by atoms with E-state index in [0.29, 0.717) is 6.54 Å². The molecule has 0 saturated carbocycles. The Morgan fingerprint density at radius 3 is 2.40 bits per heavy atom. The van der Waals surface area contributed by atoms with Crippen LogP contribution in [0.3, 0.4) is 0 Å². The number of anilines is 1. The van der Waals surface area contributed by atoms with Crippen LogP contribution < -0.4 is 25.0 Å². The van der Waals surface area contributed by atoms with Crippen molar-refractivity contribution >= 4 is 35.6 Å². The van der Waals surface area contributed by atoms with Gasteiger partial charge in [0, 0.05) is 49.6 Å². The first-order valence-electron chi connectivity index (χ1n) is 9.88. The van der Waals surface area contributed by atoms with Crippen LogP contribution in [0.1, 0.15) is 18.9 Å². The third kappa shape index (κ3) is 6.65. The van der Waals surface area contributed by atoms with Crippen LogP contribution in [-0.2, 0) is 6.54 Å². The van der Waals surface area contributed by atoms with Gasteiger partial charge in [0.25, 0.3) is 0 Å². The van der Waals surface area contributed by atoms with E-state index >= 15 is 0 Å². The van der Waals surface area contributed by atoms with Crippen molar-refractivity contribution in [1.82, 2.24) is 10.6 Å².